The molecule has 0 radical (unpaired) electrons. The van der Waals surface area contributed by atoms with Crippen molar-refractivity contribution in [3.05, 3.63) is 29.3 Å². The average molecular weight is 173 g/mol. The van der Waals surface area contributed by atoms with Gasteiger partial charge >= 0.3 is 0 Å². The van der Waals surface area contributed by atoms with Gasteiger partial charge in [0.25, 0.3) is 0 Å². The molecule has 0 N–H and O–H groups in total. The molecule has 0 bridgehead atoms. The Hall–Kier alpha value is -1.49. The first-order valence-corrected chi connectivity index (χ1v) is 4.47. The fraction of sp³-hybridized carbons (Fsp3) is 0.364. The summed E-state index contributed by atoms with van der Waals surface area (Å²) in [5.74, 6) is 0.927. The number of ether oxygens (including phenoxy) is 1. The normalized spacial score (nSPS) is 15.7. The molecule has 0 amide bonds. The molecule has 2 nitrogen and oxygen atoms in total. The largest absolute Gasteiger partial charge is 0.493 e. The van der Waals surface area contributed by atoms with Gasteiger partial charge in [0, 0.05) is 12.0 Å². The van der Waals surface area contributed by atoms with E-state index < -0.39 is 0 Å². The zero-order chi connectivity index (χ0) is 9.26. The molecule has 0 fully saturated rings. The van der Waals surface area contributed by atoms with Crippen molar-refractivity contribution < 1.29 is 4.74 Å². The lowest BCUT2D eigenvalue weighted by Crippen LogP contribution is -1.94. The first kappa shape index (κ1) is 8.12. The Bertz CT molecular complexity index is 365. The second kappa shape index (κ2) is 3.10. The molecule has 13 heavy (non-hydrogen) atoms. The lowest BCUT2D eigenvalue weighted by Gasteiger charge is -2.07. The Labute approximate surface area is 77.8 Å². The predicted molar refractivity (Wildman–Crippen MR) is 49.7 cm³/mol. The van der Waals surface area contributed by atoms with Gasteiger partial charge in [0.2, 0.25) is 0 Å². The van der Waals surface area contributed by atoms with Crippen molar-refractivity contribution >= 4 is 0 Å². The number of benzene rings is 1. The molecule has 2 heteroatoms. The van der Waals surface area contributed by atoms with Crippen LogP contribution in [0.5, 0.6) is 5.75 Å². The summed E-state index contributed by atoms with van der Waals surface area (Å²) in [6.07, 6.45) is 0.942. The molecule has 0 saturated carbocycles. The van der Waals surface area contributed by atoms with E-state index in [1.165, 1.54) is 5.56 Å². The molecule has 1 atom stereocenters. The molecule has 1 aliphatic heterocycles. The summed E-state index contributed by atoms with van der Waals surface area (Å²) in [5, 5.41) is 8.83. The lowest BCUT2D eigenvalue weighted by atomic mass is 9.95. The van der Waals surface area contributed by atoms with Gasteiger partial charge in [-0.2, -0.15) is 5.26 Å². The van der Waals surface area contributed by atoms with Gasteiger partial charge in [-0.15, -0.1) is 0 Å². The Morgan fingerprint density at radius 1 is 1.54 bits per heavy atom. The highest BCUT2D eigenvalue weighted by Gasteiger charge is 2.18. The number of rotatable bonds is 1. The van der Waals surface area contributed by atoms with Crippen LogP contribution < -0.4 is 4.74 Å². The standard InChI is InChI=1S/C11H11NO/c1-8(7-12)9-3-2-4-11-10(9)5-6-13-11/h2-4,8H,5-6H2,1H3. The van der Waals surface area contributed by atoms with Crippen LogP contribution in [0.25, 0.3) is 0 Å². The molecule has 1 unspecified atom stereocenters. The number of hydrogen-bond acceptors (Lipinski definition) is 2. The summed E-state index contributed by atoms with van der Waals surface area (Å²) in [4.78, 5) is 0. The van der Waals surface area contributed by atoms with E-state index in [0.29, 0.717) is 0 Å². The van der Waals surface area contributed by atoms with E-state index in [1.54, 1.807) is 0 Å². The molecule has 0 aromatic heterocycles. The van der Waals surface area contributed by atoms with Crippen LogP contribution >= 0.6 is 0 Å². The van der Waals surface area contributed by atoms with Crippen molar-refractivity contribution in [2.75, 3.05) is 6.61 Å². The van der Waals surface area contributed by atoms with Gasteiger partial charge in [-0.3, -0.25) is 0 Å². The van der Waals surface area contributed by atoms with Gasteiger partial charge in [-0.25, -0.2) is 0 Å². The van der Waals surface area contributed by atoms with Crippen molar-refractivity contribution in [3.63, 3.8) is 0 Å². The minimum atomic E-state index is -0.0309. The van der Waals surface area contributed by atoms with Crippen molar-refractivity contribution in [1.82, 2.24) is 0 Å². The molecule has 66 valence electrons. The number of nitriles is 1. The summed E-state index contributed by atoms with van der Waals surface area (Å²) in [5.41, 5.74) is 2.34. The van der Waals surface area contributed by atoms with E-state index in [1.807, 2.05) is 25.1 Å². The lowest BCUT2D eigenvalue weighted by molar-refractivity contribution is 0.357. The van der Waals surface area contributed by atoms with Gasteiger partial charge < -0.3 is 4.74 Å². The fourth-order valence-electron chi connectivity index (χ4n) is 1.72. The SMILES string of the molecule is CC(C#N)c1cccc2c1CCO2. The molecule has 1 aromatic carbocycles. The second-order valence-electron chi connectivity index (χ2n) is 3.27. The van der Waals surface area contributed by atoms with Gasteiger partial charge in [-0.05, 0) is 18.6 Å². The van der Waals surface area contributed by atoms with Crippen LogP contribution in [0.2, 0.25) is 0 Å². The van der Waals surface area contributed by atoms with E-state index in [-0.39, 0.29) is 5.92 Å². The van der Waals surface area contributed by atoms with Crippen molar-refractivity contribution in [1.29, 1.82) is 5.26 Å². The van der Waals surface area contributed by atoms with E-state index in [2.05, 4.69) is 6.07 Å². The van der Waals surface area contributed by atoms with Crippen LogP contribution in [0.15, 0.2) is 18.2 Å². The van der Waals surface area contributed by atoms with Crippen molar-refractivity contribution in [2.24, 2.45) is 0 Å². The zero-order valence-corrected chi connectivity index (χ0v) is 7.58. The second-order valence-corrected chi connectivity index (χ2v) is 3.27. The van der Waals surface area contributed by atoms with Crippen LogP contribution in [0.1, 0.15) is 24.0 Å². The third kappa shape index (κ3) is 1.27. The van der Waals surface area contributed by atoms with Crippen molar-refractivity contribution in [3.8, 4) is 11.8 Å². The topological polar surface area (TPSA) is 33.0 Å². The molecule has 1 aromatic rings. The van der Waals surface area contributed by atoms with E-state index in [9.17, 15) is 0 Å². The first-order chi connectivity index (χ1) is 6.33. The van der Waals surface area contributed by atoms with Crippen LogP contribution in [0.4, 0.5) is 0 Å². The average Bonchev–Trinajstić information content (AvgIpc) is 2.63. The maximum atomic E-state index is 8.83. The molecular weight excluding hydrogens is 162 g/mol. The number of nitrogens with zero attached hydrogens (tertiary/aromatic N) is 1. The highest BCUT2D eigenvalue weighted by molar-refractivity contribution is 5.45. The van der Waals surface area contributed by atoms with E-state index in [0.717, 1.165) is 24.3 Å². The van der Waals surface area contributed by atoms with Crippen LogP contribution in [0, 0.1) is 11.3 Å². The number of fused-ring (bicyclic) bond motifs is 1. The predicted octanol–water partition coefficient (Wildman–Crippen LogP) is 2.25. The van der Waals surface area contributed by atoms with Crippen molar-refractivity contribution in [2.45, 2.75) is 19.3 Å². The Kier molecular flexibility index (Phi) is 1.94. The Morgan fingerprint density at radius 2 is 2.38 bits per heavy atom. The van der Waals surface area contributed by atoms with Crippen LogP contribution in [-0.2, 0) is 6.42 Å². The summed E-state index contributed by atoms with van der Waals surface area (Å²) in [7, 11) is 0. The van der Waals surface area contributed by atoms with Gasteiger partial charge in [0.05, 0.1) is 18.6 Å². The minimum Gasteiger partial charge on any atom is -0.493 e. The summed E-state index contributed by atoms with van der Waals surface area (Å²) < 4.78 is 5.42. The molecule has 0 aliphatic carbocycles. The van der Waals surface area contributed by atoms with Gasteiger partial charge in [0.15, 0.2) is 0 Å². The quantitative estimate of drug-likeness (QED) is 0.652. The number of hydrogen-bond donors (Lipinski definition) is 0. The molecule has 2 rings (SSSR count). The highest BCUT2D eigenvalue weighted by Crippen LogP contribution is 2.31. The third-order valence-corrected chi connectivity index (χ3v) is 2.44. The summed E-state index contributed by atoms with van der Waals surface area (Å²) >= 11 is 0. The molecule has 1 heterocycles. The van der Waals surface area contributed by atoms with E-state index >= 15 is 0 Å². The summed E-state index contributed by atoms with van der Waals surface area (Å²) in [6, 6.07) is 8.19. The Morgan fingerprint density at radius 3 is 3.15 bits per heavy atom. The molecule has 0 spiro atoms. The monoisotopic (exact) mass is 173 g/mol. The zero-order valence-electron chi connectivity index (χ0n) is 7.58. The first-order valence-electron chi connectivity index (χ1n) is 4.47. The van der Waals surface area contributed by atoms with E-state index in [4.69, 9.17) is 10.00 Å². The van der Waals surface area contributed by atoms with Gasteiger partial charge in [0.1, 0.15) is 5.75 Å². The minimum absolute atomic E-state index is 0.0309. The maximum absolute atomic E-state index is 8.83. The molecule has 1 aliphatic rings. The van der Waals surface area contributed by atoms with Crippen LogP contribution in [-0.4, -0.2) is 6.61 Å². The van der Waals surface area contributed by atoms with Gasteiger partial charge in [-0.1, -0.05) is 12.1 Å². The molecule has 0 saturated heterocycles. The molecular formula is C11H11NO. The highest BCUT2D eigenvalue weighted by atomic mass is 16.5. The smallest absolute Gasteiger partial charge is 0.122 e. The fourth-order valence-corrected chi connectivity index (χ4v) is 1.72. The maximum Gasteiger partial charge on any atom is 0.122 e. The van der Waals surface area contributed by atoms with Crippen LogP contribution in [0.3, 0.4) is 0 Å². The summed E-state index contributed by atoms with van der Waals surface area (Å²) in [6.45, 7) is 2.68. The third-order valence-electron chi connectivity index (χ3n) is 2.44. The Balaban J connectivity index is 2.48.